The van der Waals surface area contributed by atoms with E-state index in [-0.39, 0.29) is 5.88 Å². The molecule has 3 aromatic heterocycles. The normalized spacial score (nSPS) is 20.4. The average Bonchev–Trinajstić information content (AvgIpc) is 3.39. The quantitative estimate of drug-likeness (QED) is 0.712. The van der Waals surface area contributed by atoms with Gasteiger partial charge in [0.15, 0.2) is 11.5 Å². The second kappa shape index (κ2) is 5.11. The zero-order chi connectivity index (χ0) is 17.0. The summed E-state index contributed by atoms with van der Waals surface area (Å²) in [4.78, 5) is 8.88. The van der Waals surface area contributed by atoms with E-state index in [0.29, 0.717) is 28.6 Å². The highest BCUT2D eigenvalue weighted by atomic mass is 19.3. The van der Waals surface area contributed by atoms with Crippen LogP contribution in [0.15, 0.2) is 18.5 Å². The Morgan fingerprint density at radius 1 is 1.40 bits per heavy atom. The van der Waals surface area contributed by atoms with Crippen molar-refractivity contribution in [3.63, 3.8) is 0 Å². The minimum absolute atomic E-state index is 0.194. The largest absolute Gasteiger partial charge is 0.415 e. The van der Waals surface area contributed by atoms with Gasteiger partial charge >= 0.3 is 6.61 Å². The van der Waals surface area contributed by atoms with Gasteiger partial charge in [-0.05, 0) is 30.6 Å². The Balaban J connectivity index is 1.35. The zero-order valence-electron chi connectivity index (χ0n) is 13.1. The van der Waals surface area contributed by atoms with E-state index in [1.165, 1.54) is 25.3 Å². The summed E-state index contributed by atoms with van der Waals surface area (Å²) in [6.07, 6.45) is 7.21. The number of aromatic nitrogens is 6. The third-order valence-electron chi connectivity index (χ3n) is 5.02. The fourth-order valence-corrected chi connectivity index (χ4v) is 3.37. The van der Waals surface area contributed by atoms with E-state index in [1.54, 1.807) is 12.4 Å². The van der Waals surface area contributed by atoms with Gasteiger partial charge in [-0.1, -0.05) is 0 Å². The molecule has 0 aromatic carbocycles. The second-order valence-electron chi connectivity index (χ2n) is 6.68. The van der Waals surface area contributed by atoms with E-state index in [9.17, 15) is 8.78 Å². The van der Waals surface area contributed by atoms with Crippen molar-refractivity contribution in [1.82, 2.24) is 29.9 Å². The van der Waals surface area contributed by atoms with Gasteiger partial charge in [0.05, 0.1) is 12.4 Å². The Hall–Kier alpha value is -2.78. The molecule has 5 rings (SSSR count). The maximum Gasteiger partial charge on any atom is 0.388 e. The second-order valence-corrected chi connectivity index (χ2v) is 6.68. The molecule has 1 spiro atoms. The number of hydrogen-bond donors (Lipinski definition) is 2. The summed E-state index contributed by atoms with van der Waals surface area (Å²) in [5.74, 6) is 1.35. The summed E-state index contributed by atoms with van der Waals surface area (Å²) < 4.78 is 30.5. The molecule has 0 amide bonds. The molecule has 0 aliphatic heterocycles. The summed E-state index contributed by atoms with van der Waals surface area (Å²) >= 11 is 0. The maximum absolute atomic E-state index is 12.2. The Labute approximate surface area is 140 Å². The number of fused-ring (bicyclic) bond motifs is 1. The molecule has 3 aromatic rings. The molecule has 1 atom stereocenters. The van der Waals surface area contributed by atoms with Crippen molar-refractivity contribution >= 4 is 22.8 Å². The van der Waals surface area contributed by atoms with E-state index in [4.69, 9.17) is 0 Å². The van der Waals surface area contributed by atoms with Gasteiger partial charge < -0.3 is 10.1 Å². The topological polar surface area (TPSA) is 93.5 Å². The van der Waals surface area contributed by atoms with E-state index in [2.05, 4.69) is 35.3 Å². The van der Waals surface area contributed by atoms with Crippen LogP contribution < -0.4 is 10.1 Å². The van der Waals surface area contributed by atoms with E-state index < -0.39 is 6.61 Å². The van der Waals surface area contributed by atoms with Crippen molar-refractivity contribution in [2.75, 3.05) is 5.32 Å². The minimum atomic E-state index is -2.92. The first kappa shape index (κ1) is 14.6. The van der Waals surface area contributed by atoms with Crippen molar-refractivity contribution in [2.45, 2.75) is 32.4 Å². The smallest absolute Gasteiger partial charge is 0.388 e. The van der Waals surface area contributed by atoms with Gasteiger partial charge in [-0.25, -0.2) is 14.6 Å². The van der Waals surface area contributed by atoms with Crippen molar-refractivity contribution < 1.29 is 13.5 Å². The lowest BCUT2D eigenvalue weighted by Gasteiger charge is -2.04. The van der Waals surface area contributed by atoms with Crippen LogP contribution in [0.5, 0.6) is 5.88 Å². The molecule has 2 fully saturated rings. The van der Waals surface area contributed by atoms with Crippen molar-refractivity contribution in [2.24, 2.45) is 11.3 Å². The van der Waals surface area contributed by atoms with Crippen molar-refractivity contribution in [3.8, 4) is 5.88 Å². The first-order valence-electron chi connectivity index (χ1n) is 8.07. The van der Waals surface area contributed by atoms with Crippen LogP contribution in [-0.2, 0) is 6.54 Å². The highest BCUT2D eigenvalue weighted by Crippen LogP contribution is 2.71. The molecule has 0 radical (unpaired) electrons. The molecule has 0 saturated heterocycles. The Morgan fingerprint density at radius 3 is 3.04 bits per heavy atom. The van der Waals surface area contributed by atoms with Crippen LogP contribution in [0, 0.1) is 11.3 Å². The van der Waals surface area contributed by atoms with Gasteiger partial charge in [-0.2, -0.15) is 13.9 Å². The average molecular weight is 347 g/mol. The monoisotopic (exact) mass is 347 g/mol. The fraction of sp³-hybridized carbons (Fsp3) is 0.467. The molecule has 10 heteroatoms. The minimum Gasteiger partial charge on any atom is -0.415 e. The Kier molecular flexibility index (Phi) is 2.97. The molecule has 2 aliphatic rings. The van der Waals surface area contributed by atoms with Gasteiger partial charge in [0.2, 0.25) is 5.88 Å². The zero-order valence-corrected chi connectivity index (χ0v) is 13.1. The van der Waals surface area contributed by atoms with Crippen LogP contribution >= 0.6 is 0 Å². The van der Waals surface area contributed by atoms with Gasteiger partial charge in [0, 0.05) is 12.6 Å². The summed E-state index contributed by atoms with van der Waals surface area (Å²) in [6.45, 7) is -2.06. The standard InChI is InChI=1S/C15H15F2N7O/c16-14(17)25-12-3-10(22-23-12)20-11-6-18-9-5-19-24(13(9)21-11)7-8-4-15(8)1-2-15/h3,5-6,8,14H,1-2,4,7H2,(H2,20,21,22,23)/t8-/m0/s1. The molecule has 130 valence electrons. The first-order chi connectivity index (χ1) is 12.1. The molecule has 0 unspecified atom stereocenters. The number of alkyl halides is 2. The summed E-state index contributed by atoms with van der Waals surface area (Å²) in [5.41, 5.74) is 2.03. The van der Waals surface area contributed by atoms with Crippen LogP contribution in [0.1, 0.15) is 19.3 Å². The highest BCUT2D eigenvalue weighted by molar-refractivity contribution is 5.72. The van der Waals surface area contributed by atoms with Crippen LogP contribution in [0.2, 0.25) is 0 Å². The number of ether oxygens (including phenoxy) is 1. The number of nitrogens with one attached hydrogen (secondary N) is 2. The number of anilines is 2. The number of nitrogens with zero attached hydrogens (tertiary/aromatic N) is 5. The van der Waals surface area contributed by atoms with Crippen LogP contribution in [0.3, 0.4) is 0 Å². The van der Waals surface area contributed by atoms with Crippen molar-refractivity contribution in [1.29, 1.82) is 0 Å². The molecule has 8 nitrogen and oxygen atoms in total. The van der Waals surface area contributed by atoms with E-state index >= 15 is 0 Å². The number of halogens is 2. The number of H-pyrrole nitrogens is 1. The first-order valence-corrected chi connectivity index (χ1v) is 8.07. The maximum atomic E-state index is 12.2. The summed E-state index contributed by atoms with van der Waals surface area (Å²) in [6, 6.07) is 1.33. The molecule has 2 N–H and O–H groups in total. The SMILES string of the molecule is FC(F)Oc1cc(Nc2cnc3cnn(C[C@@H]4CC45CC5)c3n2)[nH]n1. The molecule has 3 heterocycles. The van der Waals surface area contributed by atoms with E-state index in [1.807, 2.05) is 4.68 Å². The Bertz CT molecular complexity index is 933. The lowest BCUT2D eigenvalue weighted by molar-refractivity contribution is -0.0528. The van der Waals surface area contributed by atoms with Crippen LogP contribution in [-0.4, -0.2) is 36.6 Å². The fourth-order valence-electron chi connectivity index (χ4n) is 3.37. The predicted octanol–water partition coefficient (Wildman–Crippen LogP) is 2.69. The number of aromatic amines is 1. The van der Waals surface area contributed by atoms with Crippen molar-refractivity contribution in [3.05, 3.63) is 18.5 Å². The van der Waals surface area contributed by atoms with Gasteiger partial charge in [-0.15, -0.1) is 5.10 Å². The number of rotatable bonds is 6. The van der Waals surface area contributed by atoms with Gasteiger partial charge in [0.1, 0.15) is 11.3 Å². The molecule has 25 heavy (non-hydrogen) atoms. The van der Waals surface area contributed by atoms with Crippen LogP contribution in [0.25, 0.3) is 11.2 Å². The molecule has 2 aliphatic carbocycles. The third-order valence-corrected chi connectivity index (χ3v) is 5.02. The molecular weight excluding hydrogens is 332 g/mol. The molecule has 2 saturated carbocycles. The highest BCUT2D eigenvalue weighted by Gasteiger charge is 2.62. The van der Waals surface area contributed by atoms with E-state index in [0.717, 1.165) is 12.1 Å². The lowest BCUT2D eigenvalue weighted by atomic mass is 10.3. The molecule has 0 bridgehead atoms. The van der Waals surface area contributed by atoms with Gasteiger partial charge in [-0.3, -0.25) is 5.10 Å². The lowest BCUT2D eigenvalue weighted by Crippen LogP contribution is -2.05. The third kappa shape index (κ3) is 2.67. The molecular formula is C15H15F2N7O. The predicted molar refractivity (Wildman–Crippen MR) is 83.6 cm³/mol. The van der Waals surface area contributed by atoms with Gasteiger partial charge in [0.25, 0.3) is 0 Å². The number of hydrogen-bond acceptors (Lipinski definition) is 6. The summed E-state index contributed by atoms with van der Waals surface area (Å²) in [5, 5.41) is 13.5. The Morgan fingerprint density at radius 2 is 2.28 bits per heavy atom. The van der Waals surface area contributed by atoms with Crippen LogP contribution in [0.4, 0.5) is 20.4 Å². The summed E-state index contributed by atoms with van der Waals surface area (Å²) in [7, 11) is 0.